The maximum Gasteiger partial charge on any atom is 0.227 e. The van der Waals surface area contributed by atoms with Crippen molar-refractivity contribution < 1.29 is 9.18 Å². The van der Waals surface area contributed by atoms with E-state index in [9.17, 15) is 9.18 Å². The molecule has 0 saturated carbocycles. The van der Waals surface area contributed by atoms with Gasteiger partial charge in [0.15, 0.2) is 0 Å². The molecule has 2 heterocycles. The van der Waals surface area contributed by atoms with Crippen LogP contribution in [0, 0.1) is 5.82 Å². The fourth-order valence-corrected chi connectivity index (χ4v) is 2.78. The average Bonchev–Trinajstić information content (AvgIpc) is 2.99. The summed E-state index contributed by atoms with van der Waals surface area (Å²) < 4.78 is 13.0. The molecule has 0 bridgehead atoms. The largest absolute Gasteiger partial charge is 0.342 e. The Morgan fingerprint density at radius 3 is 2.62 bits per heavy atom. The van der Waals surface area contributed by atoms with E-state index in [1.165, 1.54) is 12.1 Å². The third kappa shape index (κ3) is 3.27. The summed E-state index contributed by atoms with van der Waals surface area (Å²) in [6.45, 7) is 1.49. The molecule has 4 heteroatoms. The molecule has 0 spiro atoms. The number of hydrogen-bond acceptors (Lipinski definition) is 2. The molecule has 1 aliphatic rings. The number of benzene rings is 1. The van der Waals surface area contributed by atoms with E-state index in [1.54, 1.807) is 12.4 Å². The number of nitrogens with zero attached hydrogens (tertiary/aromatic N) is 2. The van der Waals surface area contributed by atoms with Crippen LogP contribution in [0.1, 0.15) is 23.5 Å². The molecule has 3 nitrogen and oxygen atoms in total. The zero-order valence-electron chi connectivity index (χ0n) is 11.7. The van der Waals surface area contributed by atoms with E-state index < -0.39 is 0 Å². The third-order valence-corrected chi connectivity index (χ3v) is 3.99. The lowest BCUT2D eigenvalue weighted by molar-refractivity contribution is -0.129. The van der Waals surface area contributed by atoms with E-state index in [1.807, 2.05) is 29.2 Å². The van der Waals surface area contributed by atoms with Crippen LogP contribution < -0.4 is 0 Å². The Hall–Kier alpha value is -2.23. The van der Waals surface area contributed by atoms with Crippen LogP contribution >= 0.6 is 0 Å². The highest BCUT2D eigenvalue weighted by Crippen LogP contribution is 2.27. The second-order valence-corrected chi connectivity index (χ2v) is 5.41. The zero-order chi connectivity index (χ0) is 14.7. The summed E-state index contributed by atoms with van der Waals surface area (Å²) in [5, 5.41) is 0. The molecule has 1 saturated heterocycles. The highest BCUT2D eigenvalue weighted by molar-refractivity contribution is 5.79. The van der Waals surface area contributed by atoms with E-state index in [-0.39, 0.29) is 11.7 Å². The highest BCUT2D eigenvalue weighted by atomic mass is 19.1. The van der Waals surface area contributed by atoms with Crippen LogP contribution in [0.15, 0.2) is 48.8 Å². The number of carbonyl (C=O) groups is 1. The van der Waals surface area contributed by atoms with Gasteiger partial charge in [-0.15, -0.1) is 0 Å². The molecule has 3 rings (SSSR count). The number of halogens is 1. The number of amides is 1. The number of hydrogen-bond donors (Lipinski definition) is 0. The van der Waals surface area contributed by atoms with Gasteiger partial charge in [-0.25, -0.2) is 4.39 Å². The van der Waals surface area contributed by atoms with Gasteiger partial charge in [0.25, 0.3) is 0 Å². The molecule has 0 aliphatic carbocycles. The first-order valence-corrected chi connectivity index (χ1v) is 7.14. The van der Waals surface area contributed by atoms with E-state index >= 15 is 0 Å². The second-order valence-electron chi connectivity index (χ2n) is 5.41. The van der Waals surface area contributed by atoms with Gasteiger partial charge in [0.05, 0.1) is 6.42 Å². The molecule has 1 amide bonds. The summed E-state index contributed by atoms with van der Waals surface area (Å²) in [6, 6.07) is 10.3. The van der Waals surface area contributed by atoms with Crippen LogP contribution in [0.2, 0.25) is 0 Å². The minimum atomic E-state index is -0.220. The fourth-order valence-electron chi connectivity index (χ4n) is 2.78. The number of carbonyl (C=O) groups excluding carboxylic acids is 1. The molecule has 1 atom stereocenters. The lowest BCUT2D eigenvalue weighted by Crippen LogP contribution is -2.29. The fraction of sp³-hybridized carbons (Fsp3) is 0.294. The van der Waals surface area contributed by atoms with Gasteiger partial charge in [-0.05, 0) is 41.8 Å². The molecule has 108 valence electrons. The first-order chi connectivity index (χ1) is 10.2. The Kier molecular flexibility index (Phi) is 3.95. The van der Waals surface area contributed by atoms with Gasteiger partial charge in [0.1, 0.15) is 5.82 Å². The molecule has 1 aromatic carbocycles. The lowest BCUT2D eigenvalue weighted by atomic mass is 9.99. The van der Waals surface area contributed by atoms with Crippen molar-refractivity contribution in [3.05, 3.63) is 65.7 Å². The van der Waals surface area contributed by atoms with E-state index in [4.69, 9.17) is 0 Å². The van der Waals surface area contributed by atoms with Crippen LogP contribution in [-0.4, -0.2) is 28.9 Å². The normalized spacial score (nSPS) is 18.0. The molecule has 1 aliphatic heterocycles. The topological polar surface area (TPSA) is 33.2 Å². The van der Waals surface area contributed by atoms with Crippen molar-refractivity contribution >= 4 is 5.91 Å². The predicted molar refractivity (Wildman–Crippen MR) is 78.3 cm³/mol. The maximum atomic E-state index is 13.0. The summed E-state index contributed by atoms with van der Waals surface area (Å²) in [7, 11) is 0. The average molecular weight is 284 g/mol. The Bertz CT molecular complexity index is 612. The lowest BCUT2D eigenvalue weighted by Gasteiger charge is -2.16. The molecule has 1 fully saturated rings. The summed E-state index contributed by atoms with van der Waals surface area (Å²) in [6.07, 6.45) is 4.76. The molecule has 1 aromatic heterocycles. The molecular formula is C17H17FN2O. The zero-order valence-corrected chi connectivity index (χ0v) is 11.7. The van der Waals surface area contributed by atoms with Crippen LogP contribution in [0.3, 0.4) is 0 Å². The molecule has 0 N–H and O–H groups in total. The third-order valence-electron chi connectivity index (χ3n) is 3.99. The van der Waals surface area contributed by atoms with Gasteiger partial charge in [-0.3, -0.25) is 9.78 Å². The van der Waals surface area contributed by atoms with Crippen LogP contribution in [0.4, 0.5) is 4.39 Å². The number of likely N-dealkylation sites (tertiary alicyclic amines) is 1. The molecule has 21 heavy (non-hydrogen) atoms. The SMILES string of the molecule is O=C(Cc1ccncc1)N1CC[C@H](c2ccc(F)cc2)C1. The van der Waals surface area contributed by atoms with Gasteiger partial charge in [0.2, 0.25) is 5.91 Å². The summed E-state index contributed by atoms with van der Waals surface area (Å²) in [4.78, 5) is 18.1. The quantitative estimate of drug-likeness (QED) is 0.868. The van der Waals surface area contributed by atoms with Gasteiger partial charge in [-0.2, -0.15) is 0 Å². The second kappa shape index (κ2) is 6.04. The summed E-state index contributed by atoms with van der Waals surface area (Å²) >= 11 is 0. The van der Waals surface area contributed by atoms with Crippen molar-refractivity contribution in [3.63, 3.8) is 0 Å². The minimum absolute atomic E-state index is 0.144. The minimum Gasteiger partial charge on any atom is -0.342 e. The van der Waals surface area contributed by atoms with Crippen molar-refractivity contribution in [1.82, 2.24) is 9.88 Å². The van der Waals surface area contributed by atoms with Gasteiger partial charge in [-0.1, -0.05) is 12.1 Å². The van der Waals surface area contributed by atoms with Crippen molar-refractivity contribution in [1.29, 1.82) is 0 Å². The van der Waals surface area contributed by atoms with E-state index in [2.05, 4.69) is 4.98 Å². The Morgan fingerprint density at radius 2 is 1.90 bits per heavy atom. The number of rotatable bonds is 3. The maximum absolute atomic E-state index is 13.0. The molecule has 0 unspecified atom stereocenters. The van der Waals surface area contributed by atoms with Gasteiger partial charge in [0, 0.05) is 31.4 Å². The summed E-state index contributed by atoms with van der Waals surface area (Å²) in [5.41, 5.74) is 2.09. The van der Waals surface area contributed by atoms with Gasteiger partial charge < -0.3 is 4.90 Å². The Labute approximate surface area is 123 Å². The van der Waals surface area contributed by atoms with Gasteiger partial charge >= 0.3 is 0 Å². The highest BCUT2D eigenvalue weighted by Gasteiger charge is 2.27. The van der Waals surface area contributed by atoms with Crippen molar-refractivity contribution in [2.24, 2.45) is 0 Å². The number of aromatic nitrogens is 1. The van der Waals surface area contributed by atoms with E-state index in [0.717, 1.165) is 30.6 Å². The first kappa shape index (κ1) is 13.7. The Balaban J connectivity index is 1.61. The summed E-state index contributed by atoms with van der Waals surface area (Å²) in [5.74, 6) is 0.236. The van der Waals surface area contributed by atoms with Crippen molar-refractivity contribution in [2.45, 2.75) is 18.8 Å². The van der Waals surface area contributed by atoms with Crippen LogP contribution in [-0.2, 0) is 11.2 Å². The van der Waals surface area contributed by atoms with E-state index in [0.29, 0.717) is 12.3 Å². The predicted octanol–water partition coefficient (Wildman–Crippen LogP) is 2.78. The molecule has 0 radical (unpaired) electrons. The van der Waals surface area contributed by atoms with Crippen LogP contribution in [0.5, 0.6) is 0 Å². The van der Waals surface area contributed by atoms with Crippen LogP contribution in [0.25, 0.3) is 0 Å². The van der Waals surface area contributed by atoms with Crippen molar-refractivity contribution in [2.75, 3.05) is 13.1 Å². The van der Waals surface area contributed by atoms with Crippen molar-refractivity contribution in [3.8, 4) is 0 Å². The standard InChI is InChI=1S/C17H17FN2O/c18-16-3-1-14(2-4-16)15-7-10-20(12-15)17(21)11-13-5-8-19-9-6-13/h1-6,8-9,15H,7,10-12H2/t15-/m0/s1. The monoisotopic (exact) mass is 284 g/mol. The Morgan fingerprint density at radius 1 is 1.19 bits per heavy atom. The smallest absolute Gasteiger partial charge is 0.227 e. The molecular weight excluding hydrogens is 267 g/mol. The number of pyridine rings is 1. The first-order valence-electron chi connectivity index (χ1n) is 7.14. The molecule has 2 aromatic rings.